The van der Waals surface area contributed by atoms with Gasteiger partial charge in [0, 0.05) is 36.4 Å². The number of carbonyl (C=O) groups is 1. The second-order valence-electron chi connectivity index (χ2n) is 8.44. The van der Waals surface area contributed by atoms with E-state index in [0.717, 1.165) is 47.1 Å². The lowest BCUT2D eigenvalue weighted by molar-refractivity contribution is 0.232. The molecule has 2 aliphatic rings. The summed E-state index contributed by atoms with van der Waals surface area (Å²) >= 11 is 1.62. The molecular formula is C21H30N6OS. The quantitative estimate of drug-likeness (QED) is 0.633. The Morgan fingerprint density at radius 1 is 1.17 bits per heavy atom. The van der Waals surface area contributed by atoms with Crippen LogP contribution in [0.1, 0.15) is 64.0 Å². The van der Waals surface area contributed by atoms with Gasteiger partial charge in [-0.15, -0.1) is 0 Å². The topological polar surface area (TPSA) is 91.8 Å². The van der Waals surface area contributed by atoms with Gasteiger partial charge in [0.1, 0.15) is 6.33 Å². The minimum absolute atomic E-state index is 0.0324. The molecule has 2 amide bonds. The van der Waals surface area contributed by atoms with Gasteiger partial charge in [0.25, 0.3) is 0 Å². The Balaban J connectivity index is 1.44. The van der Waals surface area contributed by atoms with Gasteiger partial charge in [0.2, 0.25) is 0 Å². The highest BCUT2D eigenvalue weighted by atomic mass is 32.1. The Kier molecular flexibility index (Phi) is 6.28. The van der Waals surface area contributed by atoms with Gasteiger partial charge < -0.3 is 16.0 Å². The molecule has 0 aromatic carbocycles. The van der Waals surface area contributed by atoms with E-state index in [9.17, 15) is 4.79 Å². The zero-order valence-electron chi connectivity index (χ0n) is 17.1. The first kappa shape index (κ1) is 20.1. The predicted octanol–water partition coefficient (Wildman–Crippen LogP) is 4.16. The number of aromatic nitrogens is 3. The standard InChI is InChI=1S/C21H30N6OS/c1-13(2)26-21-23-11-19(29-21)18-9-17(24-12-25-18)16-6-4-3-5-14(16)10-22-20(28)27-15-7-8-15/h9,11-16H,3-8,10H2,1-2H3,(H,23,26)(H2,22,27,28). The molecule has 2 saturated carbocycles. The normalized spacial score (nSPS) is 21.8. The number of carbonyl (C=O) groups excluding carboxylic acids is 1. The molecule has 3 N–H and O–H groups in total. The molecule has 8 heteroatoms. The predicted molar refractivity (Wildman–Crippen MR) is 116 cm³/mol. The van der Waals surface area contributed by atoms with E-state index in [1.54, 1.807) is 17.7 Å². The Morgan fingerprint density at radius 3 is 2.79 bits per heavy atom. The average molecular weight is 415 g/mol. The monoisotopic (exact) mass is 414 g/mol. The van der Waals surface area contributed by atoms with Crippen LogP contribution in [0.25, 0.3) is 10.6 Å². The van der Waals surface area contributed by atoms with Gasteiger partial charge >= 0.3 is 6.03 Å². The molecule has 0 saturated heterocycles. The number of hydrogen-bond acceptors (Lipinski definition) is 6. The van der Waals surface area contributed by atoms with Gasteiger partial charge in [-0.1, -0.05) is 24.2 Å². The van der Waals surface area contributed by atoms with Crippen molar-refractivity contribution in [2.45, 2.75) is 70.4 Å². The number of nitrogens with one attached hydrogen (secondary N) is 3. The highest BCUT2D eigenvalue weighted by Crippen LogP contribution is 2.38. The molecule has 0 radical (unpaired) electrons. The van der Waals surface area contributed by atoms with Crippen LogP contribution >= 0.6 is 11.3 Å². The minimum Gasteiger partial charge on any atom is -0.359 e. The van der Waals surface area contributed by atoms with Crippen LogP contribution in [0, 0.1) is 5.92 Å². The van der Waals surface area contributed by atoms with Crippen molar-refractivity contribution in [1.29, 1.82) is 0 Å². The van der Waals surface area contributed by atoms with Gasteiger partial charge in [-0.3, -0.25) is 0 Å². The van der Waals surface area contributed by atoms with Gasteiger partial charge in [-0.05, 0) is 51.5 Å². The van der Waals surface area contributed by atoms with Crippen molar-refractivity contribution in [3.63, 3.8) is 0 Å². The van der Waals surface area contributed by atoms with Gasteiger partial charge in [-0.2, -0.15) is 0 Å². The van der Waals surface area contributed by atoms with E-state index in [1.165, 1.54) is 12.8 Å². The Bertz CT molecular complexity index is 834. The van der Waals surface area contributed by atoms with Crippen LogP contribution in [0.15, 0.2) is 18.6 Å². The lowest BCUT2D eigenvalue weighted by Gasteiger charge is -2.31. The first-order chi connectivity index (χ1) is 14.1. The van der Waals surface area contributed by atoms with Gasteiger partial charge in [0.05, 0.1) is 10.6 Å². The highest BCUT2D eigenvalue weighted by molar-refractivity contribution is 7.18. The van der Waals surface area contributed by atoms with Crippen LogP contribution in [-0.2, 0) is 0 Å². The zero-order chi connectivity index (χ0) is 20.2. The first-order valence-electron chi connectivity index (χ1n) is 10.7. The number of amides is 2. The summed E-state index contributed by atoms with van der Waals surface area (Å²) in [6.45, 7) is 4.91. The number of thiazole rings is 1. The molecule has 2 aliphatic carbocycles. The van der Waals surface area contributed by atoms with Crippen molar-refractivity contribution >= 4 is 22.5 Å². The average Bonchev–Trinajstić information content (AvgIpc) is 3.41. The van der Waals surface area contributed by atoms with Gasteiger partial charge in [-0.25, -0.2) is 19.7 Å². The van der Waals surface area contributed by atoms with E-state index >= 15 is 0 Å². The summed E-state index contributed by atoms with van der Waals surface area (Å²) in [5, 5.41) is 10.3. The van der Waals surface area contributed by atoms with Crippen molar-refractivity contribution in [3.8, 4) is 10.6 Å². The second kappa shape index (κ2) is 9.07. The van der Waals surface area contributed by atoms with Crippen LogP contribution in [0.5, 0.6) is 0 Å². The molecule has 2 unspecified atom stereocenters. The van der Waals surface area contributed by atoms with E-state index in [2.05, 4.69) is 50.8 Å². The minimum atomic E-state index is -0.0324. The third-order valence-corrected chi connectivity index (χ3v) is 6.54. The van der Waals surface area contributed by atoms with E-state index in [0.29, 0.717) is 30.5 Å². The molecule has 2 fully saturated rings. The SMILES string of the molecule is CC(C)Nc1ncc(-c2cc(C3CCCCC3CNC(=O)NC3CC3)ncn2)s1. The van der Waals surface area contributed by atoms with Crippen molar-refractivity contribution in [3.05, 3.63) is 24.3 Å². The molecule has 7 nitrogen and oxygen atoms in total. The summed E-state index contributed by atoms with van der Waals surface area (Å²) in [6, 6.07) is 2.81. The number of hydrogen-bond donors (Lipinski definition) is 3. The molecule has 2 atom stereocenters. The fraction of sp³-hybridized carbons (Fsp3) is 0.619. The first-order valence-corrected chi connectivity index (χ1v) is 11.5. The number of nitrogens with zero attached hydrogens (tertiary/aromatic N) is 3. The van der Waals surface area contributed by atoms with E-state index in [-0.39, 0.29) is 6.03 Å². The Hall–Kier alpha value is -2.22. The van der Waals surface area contributed by atoms with Crippen LogP contribution in [0.2, 0.25) is 0 Å². The van der Waals surface area contributed by atoms with Crippen molar-refractivity contribution in [1.82, 2.24) is 25.6 Å². The summed E-state index contributed by atoms with van der Waals surface area (Å²) in [6.07, 6.45) is 10.4. The fourth-order valence-electron chi connectivity index (χ4n) is 3.95. The maximum absolute atomic E-state index is 12.0. The number of urea groups is 1. The molecule has 0 aliphatic heterocycles. The van der Waals surface area contributed by atoms with Crippen LogP contribution in [-0.4, -0.2) is 39.6 Å². The lowest BCUT2D eigenvalue weighted by Crippen LogP contribution is -2.41. The van der Waals surface area contributed by atoms with E-state index in [1.807, 2.05) is 6.20 Å². The van der Waals surface area contributed by atoms with Gasteiger partial charge in [0.15, 0.2) is 5.13 Å². The Labute approximate surface area is 176 Å². The smallest absolute Gasteiger partial charge is 0.315 e. The molecular weight excluding hydrogens is 384 g/mol. The third kappa shape index (κ3) is 5.44. The molecule has 156 valence electrons. The maximum Gasteiger partial charge on any atom is 0.315 e. The molecule has 2 heterocycles. The van der Waals surface area contributed by atoms with Crippen molar-refractivity contribution < 1.29 is 4.79 Å². The summed E-state index contributed by atoms with van der Waals surface area (Å²) in [5.74, 6) is 0.768. The van der Waals surface area contributed by atoms with Crippen molar-refractivity contribution in [2.24, 2.45) is 5.92 Å². The summed E-state index contributed by atoms with van der Waals surface area (Å²) in [5.41, 5.74) is 2.00. The maximum atomic E-state index is 12.0. The van der Waals surface area contributed by atoms with E-state index < -0.39 is 0 Å². The molecule has 0 spiro atoms. The molecule has 4 rings (SSSR count). The van der Waals surface area contributed by atoms with Crippen LogP contribution in [0.3, 0.4) is 0 Å². The third-order valence-electron chi connectivity index (χ3n) is 5.58. The zero-order valence-corrected chi connectivity index (χ0v) is 18.0. The van der Waals surface area contributed by atoms with E-state index in [4.69, 9.17) is 0 Å². The lowest BCUT2D eigenvalue weighted by atomic mass is 9.77. The molecule has 29 heavy (non-hydrogen) atoms. The second-order valence-corrected chi connectivity index (χ2v) is 9.47. The summed E-state index contributed by atoms with van der Waals surface area (Å²) in [4.78, 5) is 26.6. The molecule has 0 bridgehead atoms. The molecule has 2 aromatic heterocycles. The van der Waals surface area contributed by atoms with Crippen molar-refractivity contribution in [2.75, 3.05) is 11.9 Å². The van der Waals surface area contributed by atoms with Crippen LogP contribution < -0.4 is 16.0 Å². The Morgan fingerprint density at radius 2 is 2.00 bits per heavy atom. The number of rotatable bonds is 7. The van der Waals surface area contributed by atoms with Crippen LogP contribution in [0.4, 0.5) is 9.93 Å². The summed E-state index contributed by atoms with van der Waals surface area (Å²) < 4.78 is 0. The fourth-order valence-corrected chi connectivity index (χ4v) is 4.88. The number of anilines is 1. The summed E-state index contributed by atoms with van der Waals surface area (Å²) in [7, 11) is 0. The highest BCUT2D eigenvalue weighted by Gasteiger charge is 2.29. The largest absolute Gasteiger partial charge is 0.359 e. The molecule has 2 aromatic rings.